The Hall–Kier alpha value is 1.02. The van der Waals surface area contributed by atoms with Crippen molar-refractivity contribution in [1.29, 1.82) is 0 Å². The fourth-order valence-electron chi connectivity index (χ4n) is 3.48. The topological polar surface area (TPSA) is 42.5 Å². The zero-order chi connectivity index (χ0) is 26.0. The smallest absolute Gasteiger partial charge is 0.273 e. The molecular weight excluding hydrogens is 596 g/mol. The molecule has 0 bridgehead atoms. The number of hydrogen-bond donors (Lipinski definition) is 0. The van der Waals surface area contributed by atoms with E-state index in [9.17, 15) is 4.57 Å². The van der Waals surface area contributed by atoms with Crippen molar-refractivity contribution in [2.24, 2.45) is 0 Å². The van der Waals surface area contributed by atoms with Crippen LogP contribution in [0.25, 0.3) is 0 Å². The van der Waals surface area contributed by atoms with Crippen molar-refractivity contribution in [1.82, 2.24) is 23.4 Å². The van der Waals surface area contributed by atoms with E-state index >= 15 is 0 Å². The maximum absolute atomic E-state index is 13.7. The van der Waals surface area contributed by atoms with Crippen LogP contribution >= 0.6 is 51.9 Å². The molecule has 0 spiro atoms. The highest BCUT2D eigenvalue weighted by Gasteiger charge is 2.43. The summed E-state index contributed by atoms with van der Waals surface area (Å²) in [5.41, 5.74) is -3.91. The van der Waals surface area contributed by atoms with Gasteiger partial charge in [-0.25, -0.2) is 18.7 Å². The van der Waals surface area contributed by atoms with E-state index in [0.717, 1.165) is 11.5 Å². The first kappa shape index (κ1) is 30.6. The molecule has 3 aliphatic rings. The average molecular weight is 628 g/mol. The van der Waals surface area contributed by atoms with Crippen molar-refractivity contribution in [2.75, 3.05) is 73.4 Å². The van der Waals surface area contributed by atoms with Gasteiger partial charge in [-0.1, -0.05) is 64.2 Å². The number of hydrogen-bond acceptors (Lipinski definition) is 7. The van der Waals surface area contributed by atoms with Crippen LogP contribution in [-0.2, 0) is 32.7 Å². The Bertz CT molecular complexity index is 1130. The monoisotopic (exact) mass is 627 g/mol. The van der Waals surface area contributed by atoms with Gasteiger partial charge in [-0.3, -0.25) is 9.24 Å². The summed E-state index contributed by atoms with van der Waals surface area (Å²) in [6, 6.07) is 0.126. The van der Waals surface area contributed by atoms with Crippen molar-refractivity contribution in [3.05, 3.63) is 0 Å². The Morgan fingerprint density at radius 2 is 1.71 bits per heavy atom. The first-order chi connectivity index (χ1) is 16.4. The number of nitrogens with zero attached hydrogens (tertiary/aromatic N) is 5. The fraction of sp³-hybridized carbons (Fsp3) is 0.700. The molecule has 0 N–H and O–H groups in total. The first-order valence-corrected chi connectivity index (χ1v) is 22.5. The maximum Gasteiger partial charge on any atom is 0.273 e. The van der Waals surface area contributed by atoms with E-state index in [2.05, 4.69) is 46.0 Å². The molecule has 0 aromatic rings. The summed E-state index contributed by atoms with van der Waals surface area (Å²) in [4.78, 5) is 0. The van der Waals surface area contributed by atoms with Crippen LogP contribution in [0.4, 0.5) is 0 Å². The molecule has 0 aliphatic carbocycles. The van der Waals surface area contributed by atoms with Gasteiger partial charge < -0.3 is 4.52 Å². The molecule has 3 fully saturated rings. The Labute approximate surface area is 233 Å². The zero-order valence-electron chi connectivity index (χ0n) is 20.8. The molecule has 0 saturated carbocycles. The minimum atomic E-state index is -2.78. The molecule has 3 rings (SSSR count). The van der Waals surface area contributed by atoms with E-state index in [1.54, 1.807) is 11.4 Å². The third kappa shape index (κ3) is 6.78. The van der Waals surface area contributed by atoms with Crippen molar-refractivity contribution in [3.63, 3.8) is 0 Å². The molecule has 194 valence electrons. The van der Waals surface area contributed by atoms with Gasteiger partial charge in [0.25, 0.3) is 6.65 Å². The second-order valence-electron chi connectivity index (χ2n) is 8.45. The number of terminal acetylenes is 1. The van der Waals surface area contributed by atoms with Crippen LogP contribution in [0.1, 0.15) is 0 Å². The van der Waals surface area contributed by atoms with Gasteiger partial charge in [0.05, 0.1) is 24.4 Å². The summed E-state index contributed by atoms with van der Waals surface area (Å²) in [5, 5.41) is -0.0345. The normalized spacial score (nSPS) is 37.9. The Kier molecular flexibility index (Phi) is 10.9. The lowest BCUT2D eigenvalue weighted by atomic mass is 10.3. The molecule has 0 aromatic carbocycles. The van der Waals surface area contributed by atoms with Gasteiger partial charge in [0, 0.05) is 18.1 Å². The van der Waals surface area contributed by atoms with Crippen molar-refractivity contribution in [2.45, 2.75) is 17.4 Å². The van der Waals surface area contributed by atoms with Gasteiger partial charge in [-0.15, -0.1) is 6.42 Å². The van der Waals surface area contributed by atoms with E-state index in [1.807, 2.05) is 60.6 Å². The lowest BCUT2D eigenvalue weighted by molar-refractivity contribution is 0.308. The number of rotatable bonds is 5. The molecule has 15 heteroatoms. The highest BCUT2D eigenvalue weighted by molar-refractivity contribution is 8.70. The van der Waals surface area contributed by atoms with Gasteiger partial charge in [-0.05, 0) is 65.5 Å². The zero-order valence-corrected chi connectivity index (χ0v) is 27.5. The fourth-order valence-corrected chi connectivity index (χ4v) is 19.2. The van der Waals surface area contributed by atoms with Gasteiger partial charge in [0.2, 0.25) is 0 Å². The van der Waals surface area contributed by atoms with Crippen molar-refractivity contribution >= 4 is 75.6 Å². The van der Waals surface area contributed by atoms with Crippen LogP contribution < -0.4 is 0 Å². The molecule has 7 nitrogen and oxygen atoms in total. The molecule has 3 saturated heterocycles. The van der Waals surface area contributed by atoms with Gasteiger partial charge >= 0.3 is 0 Å². The van der Waals surface area contributed by atoms with Crippen LogP contribution in [-0.4, -0.2) is 114 Å². The highest BCUT2D eigenvalue weighted by Crippen LogP contribution is 2.69. The molecular formula is C20H32N5O2P3S5. The largest absolute Gasteiger partial charge is 0.313 e. The highest BCUT2D eigenvalue weighted by atomic mass is 32.9. The molecule has 0 aromatic heterocycles. The standard InChI is InChI=1S/C20H32N5O2P3S5/c1-8-19-17-34-30(32,27-19)23(5)14-10-12-20-15-24(6)28(26,35-20)22(4)13-9-11-18-16-33-29(31,21(2)3)25(18)7/h1,18-20H,13-17H2,2-7H3. The summed E-state index contributed by atoms with van der Waals surface area (Å²) in [7, 11) is 11.8. The van der Waals surface area contributed by atoms with Crippen molar-refractivity contribution < 1.29 is 9.09 Å². The quantitative estimate of drug-likeness (QED) is 0.329. The molecule has 3 aliphatic heterocycles. The summed E-state index contributed by atoms with van der Waals surface area (Å²) < 4.78 is 29.8. The molecule has 6 atom stereocenters. The van der Waals surface area contributed by atoms with E-state index in [4.69, 9.17) is 34.6 Å². The van der Waals surface area contributed by atoms with Gasteiger partial charge in [0.1, 0.15) is 11.6 Å². The van der Waals surface area contributed by atoms with Crippen LogP contribution in [0.5, 0.6) is 0 Å². The van der Waals surface area contributed by atoms with Crippen LogP contribution in [0.2, 0.25) is 0 Å². The second-order valence-corrected chi connectivity index (χ2v) is 28.0. The summed E-state index contributed by atoms with van der Waals surface area (Å²) in [6.45, 7) is -1.20. The lowest BCUT2D eigenvalue weighted by Crippen LogP contribution is -2.27. The molecule has 0 radical (unpaired) electrons. The lowest BCUT2D eigenvalue weighted by Gasteiger charge is -2.30. The average Bonchev–Trinajstić information content (AvgIpc) is 3.44. The summed E-state index contributed by atoms with van der Waals surface area (Å²) in [5.74, 6) is 17.4. The molecule has 0 amide bonds. The third-order valence-electron chi connectivity index (χ3n) is 5.71. The van der Waals surface area contributed by atoms with E-state index < -0.39 is 17.8 Å². The van der Waals surface area contributed by atoms with E-state index in [-0.39, 0.29) is 17.4 Å². The first-order valence-electron chi connectivity index (χ1n) is 10.8. The minimum absolute atomic E-state index is 0.0345. The summed E-state index contributed by atoms with van der Waals surface area (Å²) in [6.07, 6.45) is 5.26. The molecule has 3 heterocycles. The predicted molar refractivity (Wildman–Crippen MR) is 165 cm³/mol. The maximum atomic E-state index is 13.7. The van der Waals surface area contributed by atoms with Crippen molar-refractivity contribution in [3.8, 4) is 36.0 Å². The van der Waals surface area contributed by atoms with Crippen LogP contribution in [0, 0.1) is 36.0 Å². The third-order valence-corrected chi connectivity index (χ3v) is 27.4. The SMILES string of the molecule is C#CC1CSP(=S)(N(C)CC#CC2CN(C)P(=O)(N(C)CC#CC3CSP(=S)(N(C)C)N3C)S2)O1. The van der Waals surface area contributed by atoms with Gasteiger partial charge in [0.15, 0.2) is 5.62 Å². The van der Waals surface area contributed by atoms with Crippen LogP contribution in [0.15, 0.2) is 0 Å². The van der Waals surface area contributed by atoms with E-state index in [1.165, 1.54) is 11.4 Å². The Morgan fingerprint density at radius 3 is 2.31 bits per heavy atom. The summed E-state index contributed by atoms with van der Waals surface area (Å²) >= 11 is 16.5. The second kappa shape index (κ2) is 12.5. The predicted octanol–water partition coefficient (Wildman–Crippen LogP) is 3.84. The van der Waals surface area contributed by atoms with Crippen LogP contribution in [0.3, 0.4) is 0 Å². The van der Waals surface area contributed by atoms with Gasteiger partial charge in [-0.2, -0.15) is 0 Å². The van der Waals surface area contributed by atoms with E-state index in [0.29, 0.717) is 19.6 Å². The Morgan fingerprint density at radius 1 is 1.06 bits per heavy atom. The molecule has 6 unspecified atom stereocenters. The minimum Gasteiger partial charge on any atom is -0.313 e. The Balaban J connectivity index is 1.55. The molecule has 35 heavy (non-hydrogen) atoms.